The third-order valence-corrected chi connectivity index (χ3v) is 2.38. The SMILES string of the molecule is CNC(C)(CO)COCCCOCCOC. The second kappa shape index (κ2) is 9.99. The lowest BCUT2D eigenvalue weighted by Gasteiger charge is -2.26. The van der Waals surface area contributed by atoms with Crippen molar-refractivity contribution in [2.75, 3.05) is 53.8 Å². The van der Waals surface area contributed by atoms with Crippen molar-refractivity contribution in [2.45, 2.75) is 18.9 Å². The fourth-order valence-corrected chi connectivity index (χ4v) is 1.00. The minimum absolute atomic E-state index is 0.0633. The first kappa shape index (κ1) is 15.8. The maximum atomic E-state index is 9.10. The summed E-state index contributed by atoms with van der Waals surface area (Å²) < 4.78 is 15.6. The lowest BCUT2D eigenvalue weighted by atomic mass is 10.1. The molecule has 1 atom stereocenters. The number of methoxy groups -OCH3 is 1. The summed E-state index contributed by atoms with van der Waals surface area (Å²) in [6, 6.07) is 0. The average molecular weight is 235 g/mol. The van der Waals surface area contributed by atoms with Crippen LogP contribution in [0.25, 0.3) is 0 Å². The standard InChI is InChI=1S/C11H25NO4/c1-11(9-13,12-2)10-16-6-4-5-15-8-7-14-3/h12-13H,4-10H2,1-3H3. The zero-order valence-electron chi connectivity index (χ0n) is 10.6. The average Bonchev–Trinajstić information content (AvgIpc) is 2.32. The molecular formula is C11H25NO4. The van der Waals surface area contributed by atoms with Gasteiger partial charge in [-0.3, -0.25) is 0 Å². The summed E-state index contributed by atoms with van der Waals surface area (Å²) in [5, 5.41) is 12.1. The molecule has 1 unspecified atom stereocenters. The quantitative estimate of drug-likeness (QED) is 0.495. The van der Waals surface area contributed by atoms with Crippen LogP contribution in [0.4, 0.5) is 0 Å². The van der Waals surface area contributed by atoms with E-state index in [1.807, 2.05) is 14.0 Å². The van der Waals surface area contributed by atoms with Crippen molar-refractivity contribution in [2.24, 2.45) is 0 Å². The number of rotatable bonds is 11. The van der Waals surface area contributed by atoms with Gasteiger partial charge in [-0.15, -0.1) is 0 Å². The Hall–Kier alpha value is -0.200. The predicted molar refractivity (Wildman–Crippen MR) is 62.7 cm³/mol. The van der Waals surface area contributed by atoms with Gasteiger partial charge < -0.3 is 24.6 Å². The number of hydrogen-bond acceptors (Lipinski definition) is 5. The Labute approximate surface area is 98.1 Å². The smallest absolute Gasteiger partial charge is 0.0700 e. The van der Waals surface area contributed by atoms with Crippen LogP contribution in [0, 0.1) is 0 Å². The minimum Gasteiger partial charge on any atom is -0.394 e. The summed E-state index contributed by atoms with van der Waals surface area (Å²) in [6.45, 7) is 5.06. The van der Waals surface area contributed by atoms with E-state index in [0.717, 1.165) is 6.42 Å². The van der Waals surface area contributed by atoms with Crippen molar-refractivity contribution in [3.05, 3.63) is 0 Å². The Morgan fingerprint density at radius 3 is 2.38 bits per heavy atom. The van der Waals surface area contributed by atoms with Crippen LogP contribution in [-0.4, -0.2) is 64.4 Å². The molecule has 0 amide bonds. The molecule has 5 nitrogen and oxygen atoms in total. The van der Waals surface area contributed by atoms with Crippen LogP contribution in [0.2, 0.25) is 0 Å². The van der Waals surface area contributed by atoms with E-state index in [-0.39, 0.29) is 12.1 Å². The van der Waals surface area contributed by atoms with Gasteiger partial charge in [-0.1, -0.05) is 0 Å². The third kappa shape index (κ3) is 8.01. The van der Waals surface area contributed by atoms with Crippen molar-refractivity contribution in [1.29, 1.82) is 0 Å². The van der Waals surface area contributed by atoms with Crippen LogP contribution >= 0.6 is 0 Å². The second-order valence-electron chi connectivity index (χ2n) is 3.98. The van der Waals surface area contributed by atoms with Crippen LogP contribution in [0.1, 0.15) is 13.3 Å². The van der Waals surface area contributed by atoms with Gasteiger partial charge >= 0.3 is 0 Å². The lowest BCUT2D eigenvalue weighted by molar-refractivity contribution is 0.0258. The van der Waals surface area contributed by atoms with Gasteiger partial charge in [0.2, 0.25) is 0 Å². The maximum Gasteiger partial charge on any atom is 0.0700 e. The van der Waals surface area contributed by atoms with Gasteiger partial charge in [0.05, 0.1) is 32.0 Å². The summed E-state index contributed by atoms with van der Waals surface area (Å²) in [5.74, 6) is 0. The Balaban J connectivity index is 3.26. The molecule has 98 valence electrons. The van der Waals surface area contributed by atoms with Crippen LogP contribution < -0.4 is 5.32 Å². The van der Waals surface area contributed by atoms with Gasteiger partial charge in [-0.25, -0.2) is 0 Å². The van der Waals surface area contributed by atoms with E-state index in [0.29, 0.717) is 33.0 Å². The van der Waals surface area contributed by atoms with Gasteiger partial charge in [-0.2, -0.15) is 0 Å². The van der Waals surface area contributed by atoms with Crippen molar-refractivity contribution in [3.63, 3.8) is 0 Å². The van der Waals surface area contributed by atoms with E-state index in [1.54, 1.807) is 7.11 Å². The molecule has 5 heteroatoms. The largest absolute Gasteiger partial charge is 0.394 e. The fourth-order valence-electron chi connectivity index (χ4n) is 1.00. The monoisotopic (exact) mass is 235 g/mol. The summed E-state index contributed by atoms with van der Waals surface area (Å²) in [7, 11) is 3.47. The zero-order valence-corrected chi connectivity index (χ0v) is 10.6. The lowest BCUT2D eigenvalue weighted by Crippen LogP contribution is -2.47. The van der Waals surface area contributed by atoms with Crippen molar-refractivity contribution in [3.8, 4) is 0 Å². The van der Waals surface area contributed by atoms with Crippen LogP contribution in [0.15, 0.2) is 0 Å². The molecule has 0 fully saturated rings. The van der Waals surface area contributed by atoms with Gasteiger partial charge in [-0.05, 0) is 20.4 Å². The first-order chi connectivity index (χ1) is 7.68. The Kier molecular flexibility index (Phi) is 9.86. The Morgan fingerprint density at radius 1 is 1.12 bits per heavy atom. The number of nitrogens with one attached hydrogen (secondary N) is 1. The van der Waals surface area contributed by atoms with Gasteiger partial charge in [0.15, 0.2) is 0 Å². The van der Waals surface area contributed by atoms with E-state index in [2.05, 4.69) is 5.32 Å². The number of aliphatic hydroxyl groups excluding tert-OH is 1. The molecule has 0 heterocycles. The third-order valence-electron chi connectivity index (χ3n) is 2.38. The normalized spacial score (nSPS) is 15.0. The first-order valence-corrected chi connectivity index (χ1v) is 5.62. The van der Waals surface area contributed by atoms with Crippen molar-refractivity contribution < 1.29 is 19.3 Å². The number of aliphatic hydroxyl groups is 1. The maximum absolute atomic E-state index is 9.10. The highest BCUT2D eigenvalue weighted by atomic mass is 16.5. The molecule has 0 aliphatic carbocycles. The molecule has 2 N–H and O–H groups in total. The molecule has 0 aromatic heterocycles. The number of likely N-dealkylation sites (N-methyl/N-ethyl adjacent to an activating group) is 1. The number of hydrogen-bond donors (Lipinski definition) is 2. The van der Waals surface area contributed by atoms with Gasteiger partial charge in [0.1, 0.15) is 0 Å². The highest BCUT2D eigenvalue weighted by Crippen LogP contribution is 2.02. The Bertz CT molecular complexity index is 151. The minimum atomic E-state index is -0.350. The first-order valence-electron chi connectivity index (χ1n) is 5.62. The number of ether oxygens (including phenoxy) is 3. The fraction of sp³-hybridized carbons (Fsp3) is 1.00. The van der Waals surface area contributed by atoms with E-state index in [4.69, 9.17) is 19.3 Å². The van der Waals surface area contributed by atoms with Gasteiger partial charge in [0, 0.05) is 20.3 Å². The molecule has 0 saturated heterocycles. The molecule has 0 saturated carbocycles. The predicted octanol–water partition coefficient (Wildman–Crippen LogP) is 0.0265. The molecular weight excluding hydrogens is 210 g/mol. The molecule has 0 aliphatic heterocycles. The molecule has 16 heavy (non-hydrogen) atoms. The molecule has 0 aromatic rings. The topological polar surface area (TPSA) is 60.0 Å². The highest BCUT2D eigenvalue weighted by molar-refractivity contribution is 4.79. The molecule has 0 spiro atoms. The van der Waals surface area contributed by atoms with E-state index in [9.17, 15) is 0 Å². The molecule has 0 rings (SSSR count). The van der Waals surface area contributed by atoms with Crippen LogP contribution in [-0.2, 0) is 14.2 Å². The van der Waals surface area contributed by atoms with E-state index < -0.39 is 0 Å². The summed E-state index contributed by atoms with van der Waals surface area (Å²) in [5.41, 5.74) is -0.350. The molecule has 0 aliphatic rings. The molecule has 0 bridgehead atoms. The van der Waals surface area contributed by atoms with E-state index >= 15 is 0 Å². The van der Waals surface area contributed by atoms with Crippen molar-refractivity contribution in [1.82, 2.24) is 5.32 Å². The summed E-state index contributed by atoms with van der Waals surface area (Å²) in [4.78, 5) is 0. The van der Waals surface area contributed by atoms with Crippen molar-refractivity contribution >= 4 is 0 Å². The van der Waals surface area contributed by atoms with Crippen LogP contribution in [0.3, 0.4) is 0 Å². The summed E-state index contributed by atoms with van der Waals surface area (Å²) >= 11 is 0. The molecule has 0 aromatic carbocycles. The molecule has 0 radical (unpaired) electrons. The summed E-state index contributed by atoms with van der Waals surface area (Å²) in [6.07, 6.45) is 0.856. The van der Waals surface area contributed by atoms with Crippen LogP contribution in [0.5, 0.6) is 0 Å². The Morgan fingerprint density at radius 2 is 1.81 bits per heavy atom. The second-order valence-corrected chi connectivity index (χ2v) is 3.98. The zero-order chi connectivity index (χ0) is 12.3. The van der Waals surface area contributed by atoms with Gasteiger partial charge in [0.25, 0.3) is 0 Å². The van der Waals surface area contributed by atoms with E-state index in [1.165, 1.54) is 0 Å². The highest BCUT2D eigenvalue weighted by Gasteiger charge is 2.20.